The predicted octanol–water partition coefficient (Wildman–Crippen LogP) is 4.47. The minimum absolute atomic E-state index is 0.0155. The smallest absolute Gasteiger partial charge is 0.246 e. The maximum Gasteiger partial charge on any atom is 0.246 e. The number of rotatable bonds is 7. The van der Waals surface area contributed by atoms with Crippen LogP contribution in [0, 0.1) is 0 Å². The first kappa shape index (κ1) is 24.9. The van der Waals surface area contributed by atoms with Gasteiger partial charge < -0.3 is 29.0 Å². The average Bonchev–Trinajstić information content (AvgIpc) is 3.34. The lowest BCUT2D eigenvalue weighted by atomic mass is 9.86. The molecule has 2 aliphatic heterocycles. The highest BCUT2D eigenvalue weighted by atomic mass is 16.5. The van der Waals surface area contributed by atoms with Crippen molar-refractivity contribution in [2.75, 3.05) is 27.4 Å². The van der Waals surface area contributed by atoms with E-state index in [4.69, 9.17) is 14.2 Å². The Morgan fingerprint density at radius 1 is 0.949 bits per heavy atom. The van der Waals surface area contributed by atoms with Crippen LogP contribution < -0.4 is 14.2 Å². The number of para-hydroxylation sites is 1. The van der Waals surface area contributed by atoms with Crippen LogP contribution in [0.4, 0.5) is 0 Å². The highest BCUT2D eigenvalue weighted by molar-refractivity contribution is 5.97. The van der Waals surface area contributed by atoms with Crippen LogP contribution in [0.3, 0.4) is 0 Å². The Labute approximate surface area is 227 Å². The standard InChI is InChI=1S/C31H31N3O5/c1-4-39-26-14-11-20(15-27(26)38-3)30-29-23(22-7-5-6-8-24(22)32-29)16-25-31(36)33(18-28(35)34(25)30)17-19-9-12-21(37-2)13-10-19/h5-15,25,30,32H,4,16-18H2,1-3H3. The lowest BCUT2D eigenvalue weighted by Gasteiger charge is -2.47. The third-order valence-corrected chi connectivity index (χ3v) is 7.68. The Bertz CT molecular complexity index is 1540. The third-order valence-electron chi connectivity index (χ3n) is 7.68. The van der Waals surface area contributed by atoms with Crippen molar-refractivity contribution in [2.24, 2.45) is 0 Å². The molecule has 0 bridgehead atoms. The third kappa shape index (κ3) is 4.26. The van der Waals surface area contributed by atoms with Crippen molar-refractivity contribution < 1.29 is 23.8 Å². The zero-order chi connectivity index (χ0) is 27.1. The Kier molecular flexibility index (Phi) is 6.38. The second-order valence-electron chi connectivity index (χ2n) is 9.87. The quantitative estimate of drug-likeness (QED) is 0.385. The van der Waals surface area contributed by atoms with Gasteiger partial charge in [0.25, 0.3) is 0 Å². The summed E-state index contributed by atoms with van der Waals surface area (Å²) < 4.78 is 16.6. The molecular formula is C31H31N3O5. The van der Waals surface area contributed by atoms with Crippen molar-refractivity contribution in [3.63, 3.8) is 0 Å². The zero-order valence-electron chi connectivity index (χ0n) is 22.3. The van der Waals surface area contributed by atoms with E-state index in [1.165, 1.54) is 0 Å². The van der Waals surface area contributed by atoms with Gasteiger partial charge in [-0.3, -0.25) is 9.59 Å². The molecule has 1 N–H and O–H groups in total. The molecule has 2 atom stereocenters. The molecule has 8 nitrogen and oxygen atoms in total. The van der Waals surface area contributed by atoms with E-state index in [0.717, 1.165) is 39.0 Å². The molecule has 0 spiro atoms. The van der Waals surface area contributed by atoms with Gasteiger partial charge in [-0.05, 0) is 53.9 Å². The van der Waals surface area contributed by atoms with E-state index >= 15 is 0 Å². The summed E-state index contributed by atoms with van der Waals surface area (Å²) in [7, 11) is 3.22. The fraction of sp³-hybridized carbons (Fsp3) is 0.290. The molecule has 3 heterocycles. The molecule has 2 amide bonds. The van der Waals surface area contributed by atoms with Crippen LogP contribution >= 0.6 is 0 Å². The minimum Gasteiger partial charge on any atom is -0.497 e. The van der Waals surface area contributed by atoms with Crippen molar-refractivity contribution in [2.45, 2.75) is 32.0 Å². The van der Waals surface area contributed by atoms with Crippen LogP contribution in [-0.4, -0.2) is 60.0 Å². The number of aromatic amines is 1. The molecule has 4 aromatic rings. The number of hydrogen-bond acceptors (Lipinski definition) is 5. The SMILES string of the molecule is CCOc1ccc(C2c3[nH]c4ccccc4c3CC3C(=O)N(Cc4ccc(OC)cc4)CC(=O)N32)cc1OC. The Hall–Kier alpha value is -4.46. The molecule has 6 rings (SSSR count). The Morgan fingerprint density at radius 2 is 1.74 bits per heavy atom. The molecule has 3 aromatic carbocycles. The summed E-state index contributed by atoms with van der Waals surface area (Å²) in [4.78, 5) is 34.8. The number of ether oxygens (including phenoxy) is 3. The van der Waals surface area contributed by atoms with Gasteiger partial charge in [-0.1, -0.05) is 36.4 Å². The van der Waals surface area contributed by atoms with Gasteiger partial charge in [0.05, 0.1) is 26.9 Å². The van der Waals surface area contributed by atoms with E-state index in [9.17, 15) is 9.59 Å². The maximum absolute atomic E-state index is 14.0. The van der Waals surface area contributed by atoms with Crippen molar-refractivity contribution >= 4 is 22.7 Å². The first-order chi connectivity index (χ1) is 19.0. The first-order valence-electron chi connectivity index (χ1n) is 13.2. The number of nitrogens with one attached hydrogen (secondary N) is 1. The van der Waals surface area contributed by atoms with Crippen molar-refractivity contribution in [1.82, 2.24) is 14.8 Å². The zero-order valence-corrected chi connectivity index (χ0v) is 22.3. The molecule has 0 saturated carbocycles. The fourth-order valence-electron chi connectivity index (χ4n) is 5.88. The van der Waals surface area contributed by atoms with Crippen LogP contribution in [0.1, 0.15) is 35.3 Å². The number of carbonyl (C=O) groups is 2. The lowest BCUT2D eigenvalue weighted by Crippen LogP contribution is -2.62. The van der Waals surface area contributed by atoms with Gasteiger partial charge >= 0.3 is 0 Å². The van der Waals surface area contributed by atoms with E-state index in [2.05, 4.69) is 11.1 Å². The summed E-state index contributed by atoms with van der Waals surface area (Å²) in [5.74, 6) is 1.84. The second-order valence-corrected chi connectivity index (χ2v) is 9.87. The van der Waals surface area contributed by atoms with Gasteiger partial charge in [0, 0.05) is 29.6 Å². The number of piperazine rings is 1. The Balaban J connectivity index is 1.42. The van der Waals surface area contributed by atoms with Gasteiger partial charge in [-0.15, -0.1) is 0 Å². The number of hydrogen-bond donors (Lipinski definition) is 1. The van der Waals surface area contributed by atoms with Gasteiger partial charge in [0.15, 0.2) is 11.5 Å². The van der Waals surface area contributed by atoms with Gasteiger partial charge in [0.1, 0.15) is 18.3 Å². The van der Waals surface area contributed by atoms with Gasteiger partial charge in [0.2, 0.25) is 11.8 Å². The number of methoxy groups -OCH3 is 2. The fourth-order valence-corrected chi connectivity index (χ4v) is 5.88. The van der Waals surface area contributed by atoms with E-state index in [0.29, 0.717) is 31.1 Å². The largest absolute Gasteiger partial charge is 0.497 e. The number of fused-ring (bicyclic) bond motifs is 4. The summed E-state index contributed by atoms with van der Waals surface area (Å²) in [5, 5.41) is 1.07. The van der Waals surface area contributed by atoms with E-state index in [-0.39, 0.29) is 18.4 Å². The monoisotopic (exact) mass is 525 g/mol. The molecular weight excluding hydrogens is 494 g/mol. The van der Waals surface area contributed by atoms with Crippen LogP contribution in [0.5, 0.6) is 17.2 Å². The summed E-state index contributed by atoms with van der Waals surface area (Å²) in [6.45, 7) is 2.81. The highest BCUT2D eigenvalue weighted by Crippen LogP contribution is 2.44. The van der Waals surface area contributed by atoms with Gasteiger partial charge in [-0.25, -0.2) is 0 Å². The number of carbonyl (C=O) groups excluding carboxylic acids is 2. The number of nitrogens with zero attached hydrogens (tertiary/aromatic N) is 2. The maximum atomic E-state index is 14.0. The molecule has 1 fully saturated rings. The van der Waals surface area contributed by atoms with Crippen LogP contribution in [0.25, 0.3) is 10.9 Å². The first-order valence-corrected chi connectivity index (χ1v) is 13.2. The molecule has 2 aliphatic rings. The van der Waals surface area contributed by atoms with Crippen LogP contribution in [-0.2, 0) is 22.6 Å². The molecule has 39 heavy (non-hydrogen) atoms. The molecule has 8 heteroatoms. The number of aromatic nitrogens is 1. The molecule has 0 aliphatic carbocycles. The summed E-state index contributed by atoms with van der Waals surface area (Å²) in [5.41, 5.74) is 4.79. The highest BCUT2D eigenvalue weighted by Gasteiger charge is 2.48. The normalized spacial score (nSPS) is 18.6. The number of H-pyrrole nitrogens is 1. The Morgan fingerprint density at radius 3 is 2.49 bits per heavy atom. The van der Waals surface area contributed by atoms with Crippen molar-refractivity contribution in [3.8, 4) is 17.2 Å². The van der Waals surface area contributed by atoms with Crippen molar-refractivity contribution in [1.29, 1.82) is 0 Å². The van der Waals surface area contributed by atoms with Gasteiger partial charge in [-0.2, -0.15) is 0 Å². The van der Waals surface area contributed by atoms with Crippen molar-refractivity contribution in [3.05, 3.63) is 89.1 Å². The van der Waals surface area contributed by atoms with Crippen LogP contribution in [0.15, 0.2) is 66.7 Å². The molecule has 0 radical (unpaired) electrons. The van der Waals surface area contributed by atoms with E-state index < -0.39 is 12.1 Å². The number of amides is 2. The summed E-state index contributed by atoms with van der Waals surface area (Å²) >= 11 is 0. The van der Waals surface area contributed by atoms with E-state index in [1.807, 2.05) is 67.6 Å². The lowest BCUT2D eigenvalue weighted by molar-refractivity contribution is -0.159. The topological polar surface area (TPSA) is 84.1 Å². The number of benzene rings is 3. The average molecular weight is 526 g/mol. The summed E-state index contributed by atoms with van der Waals surface area (Å²) in [6.07, 6.45) is 0.452. The van der Waals surface area contributed by atoms with E-state index in [1.54, 1.807) is 24.0 Å². The van der Waals surface area contributed by atoms with Crippen LogP contribution in [0.2, 0.25) is 0 Å². The minimum atomic E-state index is -0.612. The summed E-state index contributed by atoms with van der Waals surface area (Å²) in [6, 6.07) is 20.3. The molecule has 1 saturated heterocycles. The molecule has 2 unspecified atom stereocenters. The second kappa shape index (κ2) is 10.0. The molecule has 1 aromatic heterocycles. The predicted molar refractivity (Wildman–Crippen MR) is 147 cm³/mol. The molecule has 200 valence electrons.